The van der Waals surface area contributed by atoms with Gasteiger partial charge in [0.25, 0.3) is 0 Å². The molecule has 3 N–H and O–H groups in total. The largest absolute Gasteiger partial charge is 1.00 e. The van der Waals surface area contributed by atoms with Crippen molar-refractivity contribution < 1.29 is 108 Å². The summed E-state index contributed by atoms with van der Waals surface area (Å²) in [5, 5.41) is 17.8. The van der Waals surface area contributed by atoms with Gasteiger partial charge in [-0.2, -0.15) is 0 Å². The Balaban J connectivity index is -0.000000399. The molecule has 0 atom stereocenters. The van der Waals surface area contributed by atoms with Crippen LogP contribution in [0.3, 0.4) is 0 Å². The normalized spacial score (nSPS) is 9.19. The van der Waals surface area contributed by atoms with Crippen molar-refractivity contribution in [2.24, 2.45) is 0 Å². The maximum Gasteiger partial charge on any atom is 1.00 e. The fourth-order valence-corrected chi connectivity index (χ4v) is 1.59. The number of phenols is 2. The molecule has 13 heteroatoms. The molecule has 0 heterocycles. The van der Waals surface area contributed by atoms with E-state index in [0.29, 0.717) is 17.7 Å². The Labute approximate surface area is 224 Å². The number of carbonyl (C=O) groups excluding carboxylic acids is 2. The van der Waals surface area contributed by atoms with Crippen molar-refractivity contribution in [3.8, 4) is 11.5 Å². The Hall–Kier alpha value is -0.910. The number of ether oxygens (including phenoxy) is 2. The van der Waals surface area contributed by atoms with E-state index in [1.54, 1.807) is 0 Å². The van der Waals surface area contributed by atoms with Crippen LogP contribution in [-0.4, -0.2) is 40.8 Å². The van der Waals surface area contributed by atoms with Crippen molar-refractivity contribution in [2.45, 2.75) is 13.3 Å². The van der Waals surface area contributed by atoms with Crippen LogP contribution in [0.5, 0.6) is 11.5 Å². The minimum absolute atomic E-state index is 0. The summed E-state index contributed by atoms with van der Waals surface area (Å²) in [6.07, 6.45) is 0.809. The molecule has 0 saturated heterocycles. The van der Waals surface area contributed by atoms with Crippen LogP contribution >= 0.6 is 7.82 Å². The number of benzene rings is 2. The van der Waals surface area contributed by atoms with Gasteiger partial charge in [0.2, 0.25) is 0 Å². The second-order valence-corrected chi connectivity index (χ2v) is 6.13. The number of hydrogen-bond acceptors (Lipinski definition) is 9. The van der Waals surface area contributed by atoms with Crippen LogP contribution in [0.1, 0.15) is 34.1 Å². The fourth-order valence-electron chi connectivity index (χ4n) is 1.59. The van der Waals surface area contributed by atoms with Gasteiger partial charge in [0.15, 0.2) is 0 Å². The molecule has 0 saturated carbocycles. The molecule has 0 bridgehead atoms. The number of rotatable bonds is 4. The molecule has 0 aromatic heterocycles. The second-order valence-electron chi connectivity index (χ2n) is 5.19. The van der Waals surface area contributed by atoms with Crippen molar-refractivity contribution in [1.82, 2.24) is 0 Å². The Kier molecular flexibility index (Phi) is 20.9. The minimum Gasteiger partial charge on any atom is -0.790 e. The number of hydrogen-bond donors (Lipinski definition) is 3. The number of methoxy groups -OCH3 is 1. The van der Waals surface area contributed by atoms with E-state index in [0.717, 1.165) is 6.42 Å². The molecule has 31 heavy (non-hydrogen) atoms. The van der Waals surface area contributed by atoms with E-state index in [2.05, 4.69) is 4.74 Å². The quantitative estimate of drug-likeness (QED) is 0.221. The summed E-state index contributed by atoms with van der Waals surface area (Å²) >= 11 is 0. The van der Waals surface area contributed by atoms with Crippen LogP contribution in [0.2, 0.25) is 0 Å². The second kappa shape index (κ2) is 18.6. The summed E-state index contributed by atoms with van der Waals surface area (Å²) in [5.41, 5.74) is 0.900. The number of esters is 2. The van der Waals surface area contributed by atoms with Gasteiger partial charge in [0.05, 0.1) is 32.7 Å². The number of phenolic OH excluding ortho intramolecular Hbond substituents is 2. The van der Waals surface area contributed by atoms with Crippen LogP contribution in [0, 0.1) is 0 Å². The molecule has 0 unspecified atom stereocenters. The van der Waals surface area contributed by atoms with Crippen LogP contribution in [0.25, 0.3) is 0 Å². The van der Waals surface area contributed by atoms with Gasteiger partial charge in [-0.05, 0) is 55.0 Å². The summed E-state index contributed by atoms with van der Waals surface area (Å²) in [5.74, 6) is -0.462. The first-order chi connectivity index (χ1) is 13.5. The molecule has 2 rings (SSSR count). The van der Waals surface area contributed by atoms with Crippen LogP contribution in [0.4, 0.5) is 0 Å². The predicted molar refractivity (Wildman–Crippen MR) is 98.0 cm³/mol. The number of aromatic hydroxyl groups is 2. The van der Waals surface area contributed by atoms with E-state index >= 15 is 0 Å². The monoisotopic (exact) mass is 474 g/mol. The molecule has 10 nitrogen and oxygen atoms in total. The molecular formula is C18H21Na2O10P. The summed E-state index contributed by atoms with van der Waals surface area (Å²) < 4.78 is 18.0. The third-order valence-electron chi connectivity index (χ3n) is 2.83. The maximum atomic E-state index is 11.2. The van der Waals surface area contributed by atoms with E-state index in [4.69, 9.17) is 34.2 Å². The molecule has 0 spiro atoms. The first-order valence-corrected chi connectivity index (χ1v) is 9.55. The topological polar surface area (TPSA) is 176 Å². The maximum absolute atomic E-state index is 11.2. The van der Waals surface area contributed by atoms with Gasteiger partial charge in [-0.3, -0.25) is 0 Å². The molecule has 2 aromatic carbocycles. The fraction of sp³-hybridized carbons (Fsp3) is 0.222. The Morgan fingerprint density at radius 1 is 0.871 bits per heavy atom. The molecular weight excluding hydrogens is 453 g/mol. The van der Waals surface area contributed by atoms with Gasteiger partial charge in [0.1, 0.15) is 11.5 Å². The van der Waals surface area contributed by atoms with Gasteiger partial charge in [-0.25, -0.2) is 9.59 Å². The minimum atomic E-state index is -5.14. The average Bonchev–Trinajstić information content (AvgIpc) is 2.66. The van der Waals surface area contributed by atoms with Crippen LogP contribution in [0.15, 0.2) is 48.5 Å². The van der Waals surface area contributed by atoms with E-state index in [1.165, 1.54) is 55.6 Å². The molecule has 0 amide bonds. The van der Waals surface area contributed by atoms with Crippen molar-refractivity contribution in [3.05, 3.63) is 59.7 Å². The zero-order valence-electron chi connectivity index (χ0n) is 17.7. The van der Waals surface area contributed by atoms with Gasteiger partial charge >= 0.3 is 71.1 Å². The summed E-state index contributed by atoms with van der Waals surface area (Å²) in [6.45, 7) is 2.36. The van der Waals surface area contributed by atoms with Gasteiger partial charge in [0, 0.05) is 0 Å². The molecule has 160 valence electrons. The summed E-state index contributed by atoms with van der Waals surface area (Å²) in [7, 11) is -3.82. The first kappa shape index (κ1) is 34.7. The van der Waals surface area contributed by atoms with Crippen molar-refractivity contribution in [3.63, 3.8) is 0 Å². The van der Waals surface area contributed by atoms with Crippen LogP contribution in [-0.2, 0) is 14.0 Å². The SMILES string of the molecule is CCCOC(=O)c1ccc(O)cc1.COC(=O)c1ccc(O)cc1.O=P([O-])([O-])O.[Na+].[Na+]. The van der Waals surface area contributed by atoms with Gasteiger partial charge in [-0.1, -0.05) is 6.92 Å². The van der Waals surface area contributed by atoms with E-state index < -0.39 is 13.8 Å². The zero-order chi connectivity index (χ0) is 22.4. The Morgan fingerprint density at radius 2 is 1.19 bits per heavy atom. The van der Waals surface area contributed by atoms with Crippen molar-refractivity contribution in [2.75, 3.05) is 13.7 Å². The summed E-state index contributed by atoms with van der Waals surface area (Å²) in [4.78, 5) is 46.3. The average molecular weight is 474 g/mol. The number of carbonyl (C=O) groups is 2. The zero-order valence-corrected chi connectivity index (χ0v) is 22.6. The van der Waals surface area contributed by atoms with Gasteiger partial charge < -0.3 is 38.9 Å². The Morgan fingerprint density at radius 3 is 1.48 bits per heavy atom. The van der Waals surface area contributed by atoms with Crippen molar-refractivity contribution in [1.29, 1.82) is 0 Å². The Bertz CT molecular complexity index is 799. The van der Waals surface area contributed by atoms with E-state index in [1.807, 2.05) is 6.92 Å². The third kappa shape index (κ3) is 19.5. The molecule has 0 radical (unpaired) electrons. The molecule has 0 aliphatic rings. The molecule has 0 fully saturated rings. The van der Waals surface area contributed by atoms with Crippen molar-refractivity contribution >= 4 is 19.8 Å². The smallest absolute Gasteiger partial charge is 0.790 e. The standard InChI is InChI=1S/C10H12O3.C8H8O3.2Na.H3O4P/c1-2-7-13-10(12)8-3-5-9(11)6-4-8;1-11-8(10)6-2-4-7(9)5-3-6;;;1-5(2,3)4/h3-6,11H,2,7H2,1H3;2-5,9H,1H3;;;(H3,1,2,3,4)/q;;2*+1;/p-2. The summed E-state index contributed by atoms with van der Waals surface area (Å²) in [6, 6.07) is 11.9. The van der Waals surface area contributed by atoms with E-state index in [9.17, 15) is 9.59 Å². The van der Waals surface area contributed by atoms with Crippen LogP contribution < -0.4 is 68.9 Å². The number of phosphoric acid groups is 1. The van der Waals surface area contributed by atoms with E-state index in [-0.39, 0.29) is 76.6 Å². The first-order valence-electron chi connectivity index (χ1n) is 8.06. The molecule has 0 aliphatic heterocycles. The van der Waals surface area contributed by atoms with Gasteiger partial charge in [-0.15, -0.1) is 0 Å². The molecule has 0 aliphatic carbocycles. The molecule has 2 aromatic rings. The predicted octanol–water partition coefficient (Wildman–Crippen LogP) is -5.05. The third-order valence-corrected chi connectivity index (χ3v) is 2.83.